The minimum atomic E-state index is 0.389. The summed E-state index contributed by atoms with van der Waals surface area (Å²) in [6.07, 6.45) is 2.15. The Morgan fingerprint density at radius 2 is 1.95 bits per heavy atom. The number of aromatic nitrogens is 2. The molecule has 2 nitrogen and oxygen atoms in total. The van der Waals surface area contributed by atoms with Gasteiger partial charge in [-0.2, -0.15) is 0 Å². The van der Waals surface area contributed by atoms with Gasteiger partial charge in [0.1, 0.15) is 5.82 Å². The molecule has 1 aliphatic rings. The predicted octanol–water partition coefficient (Wildman–Crippen LogP) is 4.23. The lowest BCUT2D eigenvalue weighted by Gasteiger charge is -2.14. The standard InChI is InChI=1S/C16H13ClN2/c17-12-6-7-13-15(10-12)19-14(8-9-16(19)18-13)11-4-2-1-3-5-11/h1-7,10,14H,8-9H2/t14-/m1/s1. The second-order valence-electron chi connectivity index (χ2n) is 5.00. The molecule has 1 aliphatic heterocycles. The summed E-state index contributed by atoms with van der Waals surface area (Å²) in [6.45, 7) is 0. The summed E-state index contributed by atoms with van der Waals surface area (Å²) in [5, 5.41) is 0.772. The van der Waals surface area contributed by atoms with Crippen molar-refractivity contribution in [2.45, 2.75) is 18.9 Å². The first-order valence-corrected chi connectivity index (χ1v) is 6.92. The molecule has 1 aromatic heterocycles. The van der Waals surface area contributed by atoms with Gasteiger partial charge in [-0.1, -0.05) is 41.9 Å². The monoisotopic (exact) mass is 268 g/mol. The number of imidazole rings is 1. The highest BCUT2D eigenvalue weighted by molar-refractivity contribution is 6.31. The van der Waals surface area contributed by atoms with Crippen LogP contribution in [0.3, 0.4) is 0 Å². The van der Waals surface area contributed by atoms with Gasteiger partial charge in [0.15, 0.2) is 0 Å². The van der Waals surface area contributed by atoms with E-state index in [4.69, 9.17) is 16.6 Å². The maximum Gasteiger partial charge on any atom is 0.110 e. The molecule has 0 spiro atoms. The van der Waals surface area contributed by atoms with Crippen molar-refractivity contribution in [3.8, 4) is 0 Å². The molecule has 0 saturated carbocycles. The van der Waals surface area contributed by atoms with E-state index in [-0.39, 0.29) is 0 Å². The molecular formula is C16H13ClN2. The molecule has 0 fully saturated rings. The maximum absolute atomic E-state index is 6.13. The van der Waals surface area contributed by atoms with Crippen LogP contribution in [0.15, 0.2) is 48.5 Å². The molecule has 0 saturated heterocycles. The lowest BCUT2D eigenvalue weighted by Crippen LogP contribution is -2.05. The summed E-state index contributed by atoms with van der Waals surface area (Å²) in [4.78, 5) is 4.71. The molecule has 0 unspecified atom stereocenters. The zero-order chi connectivity index (χ0) is 12.8. The average Bonchev–Trinajstić information content (AvgIpc) is 2.99. The minimum absolute atomic E-state index is 0.389. The Morgan fingerprint density at radius 1 is 1.11 bits per heavy atom. The van der Waals surface area contributed by atoms with Gasteiger partial charge in [-0.15, -0.1) is 0 Å². The summed E-state index contributed by atoms with van der Waals surface area (Å²) >= 11 is 6.13. The fourth-order valence-electron chi connectivity index (χ4n) is 3.03. The van der Waals surface area contributed by atoms with Crippen molar-refractivity contribution >= 4 is 22.6 Å². The maximum atomic E-state index is 6.13. The van der Waals surface area contributed by atoms with Crippen molar-refractivity contribution in [1.82, 2.24) is 9.55 Å². The van der Waals surface area contributed by atoms with E-state index in [2.05, 4.69) is 34.9 Å². The van der Waals surface area contributed by atoms with Crippen LogP contribution in [0.2, 0.25) is 5.02 Å². The lowest BCUT2D eigenvalue weighted by molar-refractivity contribution is 0.637. The van der Waals surface area contributed by atoms with Crippen LogP contribution in [0.1, 0.15) is 23.9 Å². The molecule has 3 heteroatoms. The number of aryl methyl sites for hydroxylation is 1. The number of rotatable bonds is 1. The van der Waals surface area contributed by atoms with E-state index in [1.54, 1.807) is 0 Å². The van der Waals surface area contributed by atoms with Crippen LogP contribution < -0.4 is 0 Å². The van der Waals surface area contributed by atoms with Crippen LogP contribution in [0, 0.1) is 0 Å². The topological polar surface area (TPSA) is 17.8 Å². The van der Waals surface area contributed by atoms with E-state index in [0.29, 0.717) is 6.04 Å². The molecule has 4 rings (SSSR count). The number of nitrogens with zero attached hydrogens (tertiary/aromatic N) is 2. The Labute approximate surface area is 116 Å². The van der Waals surface area contributed by atoms with E-state index in [9.17, 15) is 0 Å². The van der Waals surface area contributed by atoms with Crippen molar-refractivity contribution in [3.05, 3.63) is 64.9 Å². The molecule has 0 N–H and O–H groups in total. The van der Waals surface area contributed by atoms with Crippen LogP contribution in [0.5, 0.6) is 0 Å². The van der Waals surface area contributed by atoms with Crippen molar-refractivity contribution < 1.29 is 0 Å². The zero-order valence-corrected chi connectivity index (χ0v) is 11.1. The van der Waals surface area contributed by atoms with Crippen LogP contribution >= 0.6 is 11.6 Å². The van der Waals surface area contributed by atoms with E-state index in [1.165, 1.54) is 11.4 Å². The molecule has 0 aliphatic carbocycles. The third-order valence-electron chi connectivity index (χ3n) is 3.86. The number of halogens is 1. The fourth-order valence-corrected chi connectivity index (χ4v) is 3.19. The normalized spacial score (nSPS) is 17.8. The second kappa shape index (κ2) is 4.10. The first kappa shape index (κ1) is 11.1. The number of benzene rings is 2. The van der Waals surface area contributed by atoms with Gasteiger partial charge < -0.3 is 4.57 Å². The third kappa shape index (κ3) is 1.67. The molecular weight excluding hydrogens is 256 g/mol. The van der Waals surface area contributed by atoms with Crippen LogP contribution in [-0.4, -0.2) is 9.55 Å². The zero-order valence-electron chi connectivity index (χ0n) is 10.4. The van der Waals surface area contributed by atoms with Gasteiger partial charge in [-0.05, 0) is 30.2 Å². The highest BCUT2D eigenvalue weighted by Crippen LogP contribution is 2.35. The molecule has 0 radical (unpaired) electrons. The van der Waals surface area contributed by atoms with E-state index in [1.807, 2.05) is 18.2 Å². The summed E-state index contributed by atoms with van der Waals surface area (Å²) < 4.78 is 2.34. The first-order valence-electron chi connectivity index (χ1n) is 6.54. The highest BCUT2D eigenvalue weighted by atomic mass is 35.5. The van der Waals surface area contributed by atoms with Crippen LogP contribution in [0.4, 0.5) is 0 Å². The van der Waals surface area contributed by atoms with Crippen molar-refractivity contribution in [1.29, 1.82) is 0 Å². The summed E-state index contributed by atoms with van der Waals surface area (Å²) in [5.74, 6) is 1.17. The molecule has 19 heavy (non-hydrogen) atoms. The first-order chi connectivity index (χ1) is 9.33. The van der Waals surface area contributed by atoms with Crippen LogP contribution in [0.25, 0.3) is 11.0 Å². The number of fused-ring (bicyclic) bond motifs is 3. The number of hydrogen-bond donors (Lipinski definition) is 0. The van der Waals surface area contributed by atoms with E-state index >= 15 is 0 Å². The van der Waals surface area contributed by atoms with Crippen molar-refractivity contribution in [2.75, 3.05) is 0 Å². The molecule has 2 heterocycles. The fraction of sp³-hybridized carbons (Fsp3) is 0.188. The summed E-state index contributed by atoms with van der Waals surface area (Å²) in [5.41, 5.74) is 3.54. The van der Waals surface area contributed by atoms with Gasteiger partial charge >= 0.3 is 0 Å². The van der Waals surface area contributed by atoms with Crippen LogP contribution in [-0.2, 0) is 6.42 Å². The highest BCUT2D eigenvalue weighted by Gasteiger charge is 2.26. The summed E-state index contributed by atoms with van der Waals surface area (Å²) in [6, 6.07) is 17.0. The van der Waals surface area contributed by atoms with E-state index in [0.717, 1.165) is 28.9 Å². The largest absolute Gasteiger partial charge is 0.320 e. The van der Waals surface area contributed by atoms with Gasteiger partial charge in [-0.25, -0.2) is 4.98 Å². The molecule has 0 amide bonds. The quantitative estimate of drug-likeness (QED) is 0.646. The molecule has 1 atom stereocenters. The Morgan fingerprint density at radius 3 is 2.79 bits per heavy atom. The summed E-state index contributed by atoms with van der Waals surface area (Å²) in [7, 11) is 0. The van der Waals surface area contributed by atoms with Gasteiger partial charge in [0, 0.05) is 11.4 Å². The smallest absolute Gasteiger partial charge is 0.110 e. The third-order valence-corrected chi connectivity index (χ3v) is 4.10. The van der Waals surface area contributed by atoms with Crippen molar-refractivity contribution in [2.24, 2.45) is 0 Å². The van der Waals surface area contributed by atoms with E-state index < -0.39 is 0 Å². The Hall–Kier alpha value is -1.80. The van der Waals surface area contributed by atoms with Gasteiger partial charge in [-0.3, -0.25) is 0 Å². The second-order valence-corrected chi connectivity index (χ2v) is 5.43. The predicted molar refractivity (Wildman–Crippen MR) is 77.6 cm³/mol. The SMILES string of the molecule is Clc1ccc2nc3n(c2c1)[C@@H](c1ccccc1)CC3. The number of hydrogen-bond acceptors (Lipinski definition) is 1. The molecule has 94 valence electrons. The Bertz CT molecular complexity index is 746. The Balaban J connectivity index is 1.94. The average molecular weight is 269 g/mol. The lowest BCUT2D eigenvalue weighted by atomic mass is 10.0. The van der Waals surface area contributed by atoms with Gasteiger partial charge in [0.2, 0.25) is 0 Å². The Kier molecular flexibility index (Phi) is 2.39. The minimum Gasteiger partial charge on any atom is -0.320 e. The molecule has 0 bridgehead atoms. The van der Waals surface area contributed by atoms with Gasteiger partial charge in [0.05, 0.1) is 17.1 Å². The van der Waals surface area contributed by atoms with Gasteiger partial charge in [0.25, 0.3) is 0 Å². The van der Waals surface area contributed by atoms with Crippen molar-refractivity contribution in [3.63, 3.8) is 0 Å². The molecule has 3 aromatic rings. The molecule has 2 aromatic carbocycles.